The van der Waals surface area contributed by atoms with Crippen molar-refractivity contribution in [2.24, 2.45) is 0 Å². The van der Waals surface area contributed by atoms with Gasteiger partial charge in [-0.15, -0.1) is 0 Å². The van der Waals surface area contributed by atoms with Crippen LogP contribution in [0.15, 0.2) is 413 Å². The molecule has 0 fully saturated rings. The molecule has 0 saturated carbocycles. The van der Waals surface area contributed by atoms with E-state index in [-0.39, 0.29) is 5.91 Å². The third kappa shape index (κ3) is 21.3. The molecule has 28 nitrogen and oxygen atoms in total. The Morgan fingerprint density at radius 2 is 0.582 bits per heavy atom. The third-order valence-electron chi connectivity index (χ3n) is 22.4. The van der Waals surface area contributed by atoms with Gasteiger partial charge in [-0.2, -0.15) is 0 Å². The van der Waals surface area contributed by atoms with Crippen molar-refractivity contribution in [1.82, 2.24) is 99.7 Å². The third-order valence-corrected chi connectivity index (χ3v) is 22.4. The molecular formula is C113H84N26O2. The van der Waals surface area contributed by atoms with E-state index in [4.69, 9.17) is 38.1 Å². The van der Waals surface area contributed by atoms with E-state index in [2.05, 4.69) is 130 Å². The van der Waals surface area contributed by atoms with Crippen molar-refractivity contribution in [3.05, 3.63) is 414 Å². The summed E-state index contributed by atoms with van der Waals surface area (Å²) in [6.07, 6.45) is 25.4. The number of nitrogens with zero attached hydrogens (tertiary/aromatic N) is 20. The highest BCUT2D eigenvalue weighted by molar-refractivity contribution is 5.95. The zero-order valence-electron chi connectivity index (χ0n) is 75.8. The molecule has 0 aliphatic carbocycles. The first-order chi connectivity index (χ1) is 69.2. The zero-order chi connectivity index (χ0) is 96.3. The van der Waals surface area contributed by atoms with Crippen molar-refractivity contribution in [2.45, 2.75) is 13.8 Å². The van der Waals surface area contributed by atoms with E-state index in [1.54, 1.807) is 86.8 Å². The predicted octanol–water partition coefficient (Wildman–Crippen LogP) is 22.7. The average molecular weight is 1840 g/mol. The smallest absolute Gasteiger partial charge is 0.222 e. The molecule has 15 aromatic heterocycles. The summed E-state index contributed by atoms with van der Waals surface area (Å²) >= 11 is 0. The summed E-state index contributed by atoms with van der Waals surface area (Å²) in [7, 11) is 0. The molecule has 24 rings (SSSR count). The number of rotatable bonds is 13. The second kappa shape index (κ2) is 42.0. The van der Waals surface area contributed by atoms with Gasteiger partial charge < -0.3 is 38.4 Å². The normalized spacial score (nSPS) is 10.8. The molecule has 0 aliphatic heterocycles. The molecule has 0 spiro atoms. The number of para-hydroxylation sites is 1. The molecule has 0 bridgehead atoms. The van der Waals surface area contributed by atoms with Crippen molar-refractivity contribution in [1.29, 1.82) is 0 Å². The number of benzene rings is 9. The maximum atomic E-state index is 11.4. The van der Waals surface area contributed by atoms with Crippen LogP contribution in [0.1, 0.15) is 12.6 Å². The average Bonchev–Trinajstić information content (AvgIpc) is 1.20. The van der Waals surface area contributed by atoms with E-state index in [1.807, 2.05) is 298 Å². The van der Waals surface area contributed by atoms with Crippen LogP contribution in [0.4, 0.5) is 34.9 Å². The first kappa shape index (κ1) is 90.2. The summed E-state index contributed by atoms with van der Waals surface area (Å²) in [6.45, 7) is 3.33. The minimum Gasteiger partial charge on any atom is -0.463 e. The second-order valence-electron chi connectivity index (χ2n) is 32.0. The van der Waals surface area contributed by atoms with Gasteiger partial charge in [0, 0.05) is 151 Å². The van der Waals surface area contributed by atoms with E-state index in [1.165, 1.54) is 6.92 Å². The van der Waals surface area contributed by atoms with Crippen molar-refractivity contribution in [3.63, 3.8) is 0 Å². The van der Waals surface area contributed by atoms with Gasteiger partial charge in [0.2, 0.25) is 5.91 Å². The van der Waals surface area contributed by atoms with E-state index in [0.717, 1.165) is 189 Å². The number of fused-ring (bicyclic) bond motifs is 6. The van der Waals surface area contributed by atoms with E-state index >= 15 is 0 Å². The molecule has 0 atom stereocenters. The summed E-state index contributed by atoms with van der Waals surface area (Å²) in [5, 5.41) is 9.04. The Balaban J connectivity index is 0.000000108. The van der Waals surface area contributed by atoms with E-state index in [9.17, 15) is 4.79 Å². The van der Waals surface area contributed by atoms with Gasteiger partial charge in [-0.1, -0.05) is 176 Å². The molecular weight excluding hydrogens is 1750 g/mol. The number of hydrogen-bond donors (Lipinski definition) is 6. The predicted molar refractivity (Wildman–Crippen MR) is 558 cm³/mol. The van der Waals surface area contributed by atoms with Crippen molar-refractivity contribution in [2.75, 3.05) is 34.0 Å². The van der Waals surface area contributed by atoms with Crippen molar-refractivity contribution < 1.29 is 9.21 Å². The Morgan fingerprint density at radius 1 is 0.248 bits per heavy atom. The van der Waals surface area contributed by atoms with Gasteiger partial charge in [0.1, 0.15) is 40.5 Å². The second-order valence-corrected chi connectivity index (χ2v) is 32.0. The monoisotopic (exact) mass is 1840 g/mol. The van der Waals surface area contributed by atoms with Crippen molar-refractivity contribution in [3.8, 4) is 135 Å². The lowest BCUT2D eigenvalue weighted by atomic mass is 10.0. The van der Waals surface area contributed by atoms with Crippen LogP contribution in [0.3, 0.4) is 0 Å². The summed E-state index contributed by atoms with van der Waals surface area (Å²) in [5.74, 6) is 2.88. The molecule has 0 unspecified atom stereocenters. The number of pyridine rings is 8. The lowest BCUT2D eigenvalue weighted by Crippen LogP contribution is -2.09. The first-order valence-corrected chi connectivity index (χ1v) is 44.6. The Bertz CT molecular complexity index is 8210. The van der Waals surface area contributed by atoms with Gasteiger partial charge in [0.05, 0.1) is 139 Å². The maximum Gasteiger partial charge on any atom is 0.222 e. The van der Waals surface area contributed by atoms with Crippen LogP contribution in [0.25, 0.3) is 201 Å². The number of aromatic nitrogens is 20. The van der Waals surface area contributed by atoms with Crippen LogP contribution in [-0.2, 0) is 4.79 Å². The molecule has 0 aliphatic rings. The van der Waals surface area contributed by atoms with Crippen LogP contribution in [0, 0.1) is 6.92 Å². The van der Waals surface area contributed by atoms with Gasteiger partial charge in [-0.25, -0.2) is 39.9 Å². The van der Waals surface area contributed by atoms with Crippen molar-refractivity contribution >= 4 is 106 Å². The number of nitrogens with one attached hydrogen (secondary N) is 1. The highest BCUT2D eigenvalue weighted by atomic mass is 16.3. The van der Waals surface area contributed by atoms with Gasteiger partial charge in [-0.05, 0) is 146 Å². The fraction of sp³-hybridized carbons (Fsp3) is 0.0177. The summed E-state index contributed by atoms with van der Waals surface area (Å²) < 4.78 is 5.45. The standard InChI is InChI=1S/C21H16N4O.C20H16N4.C19H14N4.2C18H13N5.C17H12N4O/c1-14(26)24-19-13-23-20(21(25-19)15-6-3-2-4-7-15)17-9-10-18-16(12-17)8-5-11-22-18;1-13-20(21)24-18(14-6-3-2-4-7-14)19(23-13)16-9-10-17-15(12-16)8-5-11-22-17;20-17-12-22-18(19(23-17)13-6-2-1-3-7-13)15-10-14-8-4-5-9-16(14)21-11-15;19-16-11-22-17(18(23-16)12-5-8-20-9-6-12)14-3-4-15-13(10-14)2-1-7-21-15;19-16-11-22-17(18(23-16)15-5-1-2-8-21-15)13-6-7-14-12(10-13)4-3-9-20-14;18-15-10-20-16(17(21-15)14-4-2-8-22-14)12-5-6-13-11(9-12)3-1-7-19-13/h2-13H,1H3,(H,24,25,26);2-12H,1H3,(H2,21,24);1-12H,(H2,20,23);2*1-11H,(H2,19,23);1-10H,(H2,18,21). The number of nitrogen functional groups attached to an aromatic ring is 5. The summed E-state index contributed by atoms with van der Waals surface area (Å²) in [5.41, 5.74) is 55.0. The topological polar surface area (TPSA) is 430 Å². The lowest BCUT2D eigenvalue weighted by molar-refractivity contribution is -0.114. The molecule has 678 valence electrons. The number of aryl methyl sites for hydroxylation is 1. The fourth-order valence-corrected chi connectivity index (χ4v) is 15.7. The van der Waals surface area contributed by atoms with Crippen LogP contribution in [-0.4, -0.2) is 106 Å². The largest absolute Gasteiger partial charge is 0.463 e. The highest BCUT2D eigenvalue weighted by Crippen LogP contribution is 2.39. The van der Waals surface area contributed by atoms with Crippen LogP contribution in [0.2, 0.25) is 0 Å². The molecule has 28 heteroatoms. The Kier molecular flexibility index (Phi) is 26.9. The molecule has 1 amide bonds. The quantitative estimate of drug-likeness (QED) is 0.0624. The van der Waals surface area contributed by atoms with Crippen LogP contribution in [0.5, 0.6) is 0 Å². The summed E-state index contributed by atoms with van der Waals surface area (Å²) in [6, 6.07) is 103. The number of amides is 1. The molecule has 15 heterocycles. The SMILES string of the molecule is CC(=O)Nc1cnc(-c2ccc3ncccc3c2)c(-c2ccccc2)n1.Cc1nc(-c2ccc3ncccc3c2)c(-c2ccccc2)nc1N.Nc1cnc(-c2ccc3ncccc3c2)c(-c2ccccn2)n1.Nc1cnc(-c2ccc3ncccc3c2)c(-c2ccco2)n1.Nc1cnc(-c2ccc3ncccc3c2)c(-c2ccncc2)n1.Nc1cnc(-c2cnc3ccccc3c2)c(-c2ccccc2)n1. The number of hydrogen-bond acceptors (Lipinski definition) is 27. The Hall–Kier alpha value is -20.0. The molecule has 0 saturated heterocycles. The minimum absolute atomic E-state index is 0.178. The van der Waals surface area contributed by atoms with Gasteiger partial charge in [0.25, 0.3) is 0 Å². The van der Waals surface area contributed by atoms with Gasteiger partial charge in [0.15, 0.2) is 11.6 Å². The van der Waals surface area contributed by atoms with E-state index < -0.39 is 0 Å². The maximum absolute atomic E-state index is 11.4. The van der Waals surface area contributed by atoms with Gasteiger partial charge >= 0.3 is 0 Å². The number of carbonyl (C=O) groups excluding carboxylic acids is 1. The number of furan rings is 1. The Morgan fingerprint density at radius 3 is 1.01 bits per heavy atom. The van der Waals surface area contributed by atoms with Crippen LogP contribution >= 0.6 is 0 Å². The van der Waals surface area contributed by atoms with E-state index in [0.29, 0.717) is 52.1 Å². The lowest BCUT2D eigenvalue weighted by Gasteiger charge is -2.12. The number of carbonyl (C=O) groups is 1. The number of nitrogens with two attached hydrogens (primary N) is 5. The minimum atomic E-state index is -0.178. The molecule has 9 aromatic carbocycles. The molecule has 24 aromatic rings. The fourth-order valence-electron chi connectivity index (χ4n) is 15.7. The zero-order valence-corrected chi connectivity index (χ0v) is 75.8. The van der Waals surface area contributed by atoms with Gasteiger partial charge in [-0.3, -0.25) is 64.6 Å². The summed E-state index contributed by atoms with van der Waals surface area (Å²) in [4.78, 5) is 100. The first-order valence-electron chi connectivity index (χ1n) is 44.6. The highest BCUT2D eigenvalue weighted by Gasteiger charge is 2.22. The van der Waals surface area contributed by atoms with Crippen LogP contribution < -0.4 is 34.0 Å². The molecule has 11 N–H and O–H groups in total. The molecule has 141 heavy (non-hydrogen) atoms. The Labute approximate surface area is 807 Å². The number of anilines is 6. The molecule has 0 radical (unpaired) electrons.